The van der Waals surface area contributed by atoms with Crippen LogP contribution in [-0.4, -0.2) is 21.5 Å². The first-order chi connectivity index (χ1) is 9.74. The number of hydrogen-bond donors (Lipinski definition) is 0. The second-order valence-electron chi connectivity index (χ2n) is 4.03. The first-order valence-corrected chi connectivity index (χ1v) is 8.78. The molecule has 0 unspecified atom stereocenters. The van der Waals surface area contributed by atoms with Crippen LogP contribution in [0, 0.1) is 3.57 Å². The number of fused-ring (bicyclic) bond motifs is 1. The van der Waals surface area contributed by atoms with Crippen molar-refractivity contribution in [1.82, 2.24) is 9.97 Å². The lowest BCUT2D eigenvalue weighted by atomic mass is 10.2. The van der Waals surface area contributed by atoms with E-state index in [1.807, 2.05) is 35.7 Å². The fourth-order valence-corrected chi connectivity index (χ4v) is 3.92. The maximum atomic E-state index is 12.1. The molecule has 3 rings (SSSR count). The Bertz CT molecular complexity index is 755. The van der Waals surface area contributed by atoms with E-state index in [-0.39, 0.29) is 5.78 Å². The van der Waals surface area contributed by atoms with Gasteiger partial charge < -0.3 is 0 Å². The van der Waals surface area contributed by atoms with Gasteiger partial charge in [0.25, 0.3) is 0 Å². The van der Waals surface area contributed by atoms with Crippen LogP contribution in [0.3, 0.4) is 0 Å². The molecule has 3 nitrogen and oxygen atoms in total. The summed E-state index contributed by atoms with van der Waals surface area (Å²) in [7, 11) is 0. The lowest BCUT2D eigenvalue weighted by Crippen LogP contribution is -2.02. The quantitative estimate of drug-likeness (QED) is 0.278. The van der Waals surface area contributed by atoms with Gasteiger partial charge in [-0.15, -0.1) is 11.3 Å². The van der Waals surface area contributed by atoms with Crippen LogP contribution in [0.4, 0.5) is 0 Å². The molecule has 0 spiro atoms. The van der Waals surface area contributed by atoms with Gasteiger partial charge in [-0.1, -0.05) is 23.9 Å². The van der Waals surface area contributed by atoms with Crippen molar-refractivity contribution < 1.29 is 4.79 Å². The van der Waals surface area contributed by atoms with Crippen molar-refractivity contribution in [2.75, 3.05) is 5.75 Å². The third kappa shape index (κ3) is 3.02. The second kappa shape index (κ2) is 6.19. The third-order valence-corrected chi connectivity index (χ3v) is 5.46. The molecule has 0 bridgehead atoms. The number of hydrogen-bond acceptors (Lipinski definition) is 5. The van der Waals surface area contributed by atoms with Crippen LogP contribution in [0.1, 0.15) is 10.4 Å². The number of Topliss-reactive ketones (excluding diaryl/α,β-unsaturated/α-hetero) is 1. The van der Waals surface area contributed by atoms with Gasteiger partial charge in [-0.2, -0.15) is 0 Å². The number of thiophene rings is 1. The predicted molar refractivity (Wildman–Crippen MR) is 91.6 cm³/mol. The minimum absolute atomic E-state index is 0.120. The number of thioether (sulfide) groups is 1. The molecule has 0 radical (unpaired) electrons. The van der Waals surface area contributed by atoms with Crippen LogP contribution in [0.15, 0.2) is 47.1 Å². The minimum Gasteiger partial charge on any atom is -0.293 e. The highest BCUT2D eigenvalue weighted by Crippen LogP contribution is 2.29. The van der Waals surface area contributed by atoms with Gasteiger partial charge in [0.05, 0.1) is 16.0 Å². The Hall–Kier alpha value is -0.990. The Morgan fingerprint density at radius 1 is 1.20 bits per heavy atom. The van der Waals surface area contributed by atoms with Crippen molar-refractivity contribution in [3.63, 3.8) is 0 Å². The summed E-state index contributed by atoms with van der Waals surface area (Å²) in [6, 6.07) is 9.59. The van der Waals surface area contributed by atoms with E-state index in [9.17, 15) is 4.79 Å². The predicted octanol–water partition coefficient (Wildman–Crippen LogP) is 4.27. The molecule has 1 aromatic carbocycles. The molecule has 0 aliphatic carbocycles. The Labute approximate surface area is 138 Å². The Morgan fingerprint density at radius 3 is 2.80 bits per heavy atom. The number of benzene rings is 1. The van der Waals surface area contributed by atoms with E-state index < -0.39 is 0 Å². The van der Waals surface area contributed by atoms with E-state index >= 15 is 0 Å². The Morgan fingerprint density at radius 2 is 2.00 bits per heavy atom. The molecule has 20 heavy (non-hydrogen) atoms. The molecular formula is C14H9IN2OS2. The zero-order valence-electron chi connectivity index (χ0n) is 10.2. The largest absolute Gasteiger partial charge is 0.293 e. The molecule has 0 fully saturated rings. The van der Waals surface area contributed by atoms with E-state index in [0.29, 0.717) is 5.75 Å². The molecule has 2 heterocycles. The van der Waals surface area contributed by atoms with Crippen molar-refractivity contribution in [2.24, 2.45) is 0 Å². The van der Waals surface area contributed by atoms with Gasteiger partial charge >= 0.3 is 0 Å². The highest BCUT2D eigenvalue weighted by molar-refractivity contribution is 14.1. The third-order valence-electron chi connectivity index (χ3n) is 2.72. The second-order valence-corrected chi connectivity index (χ2v) is 7.16. The molecule has 2 aromatic heterocycles. The van der Waals surface area contributed by atoms with Crippen LogP contribution in [0.2, 0.25) is 0 Å². The molecule has 0 aliphatic rings. The van der Waals surface area contributed by atoms with Crippen molar-refractivity contribution >= 4 is 61.7 Å². The van der Waals surface area contributed by atoms with Gasteiger partial charge in [0.1, 0.15) is 11.4 Å². The maximum absolute atomic E-state index is 12.1. The number of aromatic nitrogens is 2. The monoisotopic (exact) mass is 412 g/mol. The standard InChI is InChI=1S/C14H9IN2OS2/c15-10-3-1-9(2-4-10)12(18)7-20-14-13-11(5-6-19-13)16-8-17-14/h1-6,8H,7H2. The van der Waals surface area contributed by atoms with Crippen molar-refractivity contribution in [3.05, 3.63) is 51.2 Å². The SMILES string of the molecule is O=C(CSc1ncnc2ccsc12)c1ccc(I)cc1. The summed E-state index contributed by atoms with van der Waals surface area (Å²) in [5.41, 5.74) is 1.68. The first-order valence-electron chi connectivity index (χ1n) is 5.84. The van der Waals surface area contributed by atoms with E-state index in [2.05, 4.69) is 32.6 Å². The fraction of sp³-hybridized carbons (Fsp3) is 0.0714. The highest BCUT2D eigenvalue weighted by atomic mass is 127. The van der Waals surface area contributed by atoms with Crippen LogP contribution >= 0.6 is 45.7 Å². The topological polar surface area (TPSA) is 42.9 Å². The maximum Gasteiger partial charge on any atom is 0.173 e. The van der Waals surface area contributed by atoms with Crippen LogP contribution in [0.5, 0.6) is 0 Å². The summed E-state index contributed by atoms with van der Waals surface area (Å²) in [5.74, 6) is 0.514. The molecule has 0 saturated carbocycles. The Kier molecular flexibility index (Phi) is 4.32. The normalized spacial score (nSPS) is 10.8. The van der Waals surface area contributed by atoms with Crippen LogP contribution in [-0.2, 0) is 0 Å². The minimum atomic E-state index is 0.120. The first kappa shape index (κ1) is 14.0. The molecule has 0 atom stereocenters. The number of carbonyl (C=O) groups excluding carboxylic acids is 1. The molecule has 6 heteroatoms. The summed E-state index contributed by atoms with van der Waals surface area (Å²) in [5, 5.41) is 2.87. The molecule has 0 N–H and O–H groups in total. The van der Waals surface area contributed by atoms with E-state index in [4.69, 9.17) is 0 Å². The smallest absolute Gasteiger partial charge is 0.173 e. The lowest BCUT2D eigenvalue weighted by molar-refractivity contribution is 0.102. The van der Waals surface area contributed by atoms with Gasteiger partial charge in [0.2, 0.25) is 0 Å². The van der Waals surface area contributed by atoms with Crippen molar-refractivity contribution in [1.29, 1.82) is 0 Å². The number of rotatable bonds is 4. The van der Waals surface area contributed by atoms with E-state index in [1.165, 1.54) is 11.8 Å². The van der Waals surface area contributed by atoms with Gasteiger partial charge in [0.15, 0.2) is 5.78 Å². The Balaban J connectivity index is 1.74. The summed E-state index contributed by atoms with van der Waals surface area (Å²) in [6.07, 6.45) is 1.55. The zero-order valence-corrected chi connectivity index (χ0v) is 14.0. The average Bonchev–Trinajstić information content (AvgIpc) is 2.94. The van der Waals surface area contributed by atoms with Crippen molar-refractivity contribution in [2.45, 2.75) is 5.03 Å². The highest BCUT2D eigenvalue weighted by Gasteiger charge is 2.10. The van der Waals surface area contributed by atoms with Gasteiger partial charge in [0, 0.05) is 9.13 Å². The number of ketones is 1. The summed E-state index contributed by atoms with van der Waals surface area (Å²) in [6.45, 7) is 0. The summed E-state index contributed by atoms with van der Waals surface area (Å²) >= 11 is 5.30. The molecule has 0 amide bonds. The van der Waals surface area contributed by atoms with E-state index in [0.717, 1.165) is 24.4 Å². The average molecular weight is 412 g/mol. The van der Waals surface area contributed by atoms with Gasteiger partial charge in [-0.25, -0.2) is 9.97 Å². The number of nitrogens with zero attached hydrogens (tertiary/aromatic N) is 2. The zero-order chi connectivity index (χ0) is 13.9. The van der Waals surface area contributed by atoms with Crippen LogP contribution < -0.4 is 0 Å². The summed E-state index contributed by atoms with van der Waals surface area (Å²) < 4.78 is 2.18. The van der Waals surface area contributed by atoms with Gasteiger partial charge in [-0.05, 0) is 46.2 Å². The molecule has 100 valence electrons. The molecular weight excluding hydrogens is 403 g/mol. The molecule has 3 aromatic rings. The lowest BCUT2D eigenvalue weighted by Gasteiger charge is -2.02. The van der Waals surface area contributed by atoms with Gasteiger partial charge in [-0.3, -0.25) is 4.79 Å². The van der Waals surface area contributed by atoms with Crippen LogP contribution in [0.25, 0.3) is 10.2 Å². The van der Waals surface area contributed by atoms with Crippen molar-refractivity contribution in [3.8, 4) is 0 Å². The number of halogens is 1. The van der Waals surface area contributed by atoms with E-state index in [1.54, 1.807) is 17.7 Å². The molecule has 0 aliphatic heterocycles. The fourth-order valence-electron chi connectivity index (χ4n) is 1.72. The summed E-state index contributed by atoms with van der Waals surface area (Å²) in [4.78, 5) is 20.6. The molecule has 0 saturated heterocycles. The number of carbonyl (C=O) groups is 1.